The summed E-state index contributed by atoms with van der Waals surface area (Å²) in [6.45, 7) is 3.60. The molecule has 27 heavy (non-hydrogen) atoms. The lowest BCUT2D eigenvalue weighted by atomic mass is 10.1. The SMILES string of the molecule is C[C@@H]1Cc2ccccc2N1C(=O)[C@@H](C)OC(=O)c1ccc2ccccc2n1. The van der Waals surface area contributed by atoms with Crippen LogP contribution >= 0.6 is 0 Å². The molecule has 2 heterocycles. The minimum Gasteiger partial charge on any atom is -0.448 e. The predicted octanol–water partition coefficient (Wildman–Crippen LogP) is 3.76. The van der Waals surface area contributed by atoms with Crippen LogP contribution < -0.4 is 4.90 Å². The van der Waals surface area contributed by atoms with E-state index in [1.165, 1.54) is 0 Å². The molecule has 5 nitrogen and oxygen atoms in total. The fourth-order valence-corrected chi connectivity index (χ4v) is 3.55. The topological polar surface area (TPSA) is 59.5 Å². The number of hydrogen-bond acceptors (Lipinski definition) is 4. The molecule has 1 aliphatic heterocycles. The Morgan fingerprint density at radius 1 is 1.07 bits per heavy atom. The zero-order chi connectivity index (χ0) is 19.0. The Morgan fingerprint density at radius 3 is 2.67 bits per heavy atom. The molecule has 1 aromatic heterocycles. The Balaban J connectivity index is 1.52. The second-order valence-electron chi connectivity index (χ2n) is 6.83. The van der Waals surface area contributed by atoms with E-state index in [-0.39, 0.29) is 17.6 Å². The molecule has 2 aromatic carbocycles. The Kier molecular flexibility index (Phi) is 4.36. The van der Waals surface area contributed by atoms with E-state index >= 15 is 0 Å². The van der Waals surface area contributed by atoms with Gasteiger partial charge in [0.1, 0.15) is 5.69 Å². The first kappa shape index (κ1) is 17.2. The maximum absolute atomic E-state index is 12.9. The van der Waals surface area contributed by atoms with Gasteiger partial charge in [-0.1, -0.05) is 42.5 Å². The Morgan fingerprint density at radius 2 is 1.81 bits per heavy atom. The molecule has 0 saturated carbocycles. The van der Waals surface area contributed by atoms with Gasteiger partial charge in [0.05, 0.1) is 5.52 Å². The van der Waals surface area contributed by atoms with Gasteiger partial charge in [-0.05, 0) is 44.0 Å². The monoisotopic (exact) mass is 360 g/mol. The molecule has 0 N–H and O–H groups in total. The highest BCUT2D eigenvalue weighted by atomic mass is 16.5. The van der Waals surface area contributed by atoms with Crippen molar-refractivity contribution in [2.45, 2.75) is 32.4 Å². The molecule has 5 heteroatoms. The zero-order valence-corrected chi connectivity index (χ0v) is 15.3. The van der Waals surface area contributed by atoms with Gasteiger partial charge in [-0.2, -0.15) is 0 Å². The Bertz CT molecular complexity index is 1030. The molecular weight excluding hydrogens is 340 g/mol. The fraction of sp³-hybridized carbons (Fsp3) is 0.227. The maximum atomic E-state index is 12.9. The average Bonchev–Trinajstić information content (AvgIpc) is 3.02. The van der Waals surface area contributed by atoms with Crippen molar-refractivity contribution in [1.29, 1.82) is 0 Å². The van der Waals surface area contributed by atoms with Crippen LogP contribution in [0.5, 0.6) is 0 Å². The lowest BCUT2D eigenvalue weighted by Gasteiger charge is -2.25. The Hall–Kier alpha value is -3.21. The van der Waals surface area contributed by atoms with E-state index in [4.69, 9.17) is 4.74 Å². The van der Waals surface area contributed by atoms with Crippen molar-refractivity contribution >= 4 is 28.5 Å². The number of fused-ring (bicyclic) bond motifs is 2. The predicted molar refractivity (Wildman–Crippen MR) is 104 cm³/mol. The van der Waals surface area contributed by atoms with Crippen LogP contribution in [0.4, 0.5) is 5.69 Å². The van der Waals surface area contributed by atoms with Crippen LogP contribution in [-0.2, 0) is 16.0 Å². The normalized spacial score (nSPS) is 16.8. The molecular formula is C22H20N2O3. The number of pyridine rings is 1. The van der Waals surface area contributed by atoms with Crippen LogP contribution in [0.2, 0.25) is 0 Å². The lowest BCUT2D eigenvalue weighted by Crippen LogP contribution is -2.43. The van der Waals surface area contributed by atoms with Crippen LogP contribution in [0.15, 0.2) is 60.7 Å². The van der Waals surface area contributed by atoms with E-state index < -0.39 is 12.1 Å². The van der Waals surface area contributed by atoms with Crippen molar-refractivity contribution in [1.82, 2.24) is 4.98 Å². The number of carbonyl (C=O) groups is 2. The van der Waals surface area contributed by atoms with Crippen LogP contribution in [0.25, 0.3) is 10.9 Å². The maximum Gasteiger partial charge on any atom is 0.357 e. The van der Waals surface area contributed by atoms with Gasteiger partial charge in [-0.3, -0.25) is 4.79 Å². The van der Waals surface area contributed by atoms with Crippen molar-refractivity contribution in [2.75, 3.05) is 4.90 Å². The number of carbonyl (C=O) groups excluding carboxylic acids is 2. The third kappa shape index (κ3) is 3.16. The van der Waals surface area contributed by atoms with Gasteiger partial charge in [-0.15, -0.1) is 0 Å². The molecule has 0 radical (unpaired) electrons. The third-order valence-electron chi connectivity index (χ3n) is 4.88. The number of aromatic nitrogens is 1. The van der Waals surface area contributed by atoms with Crippen LogP contribution in [0.1, 0.15) is 29.9 Å². The van der Waals surface area contributed by atoms with Crippen LogP contribution in [0, 0.1) is 0 Å². The van der Waals surface area contributed by atoms with Gasteiger partial charge in [-0.25, -0.2) is 9.78 Å². The highest BCUT2D eigenvalue weighted by Gasteiger charge is 2.34. The summed E-state index contributed by atoms with van der Waals surface area (Å²) in [5.74, 6) is -0.816. The molecule has 0 aliphatic carbocycles. The summed E-state index contributed by atoms with van der Waals surface area (Å²) in [6, 6.07) is 18.8. The number of anilines is 1. The van der Waals surface area contributed by atoms with Crippen molar-refractivity contribution in [3.05, 3.63) is 71.9 Å². The van der Waals surface area contributed by atoms with E-state index in [0.717, 1.165) is 23.1 Å². The molecule has 4 rings (SSSR count). The molecule has 0 unspecified atom stereocenters. The average molecular weight is 360 g/mol. The van der Waals surface area contributed by atoms with Gasteiger partial charge in [0, 0.05) is 17.1 Å². The number of nitrogens with zero attached hydrogens (tertiary/aromatic N) is 2. The molecule has 136 valence electrons. The highest BCUT2D eigenvalue weighted by Crippen LogP contribution is 2.32. The zero-order valence-electron chi connectivity index (χ0n) is 15.3. The number of ether oxygens (including phenoxy) is 1. The number of para-hydroxylation sites is 2. The van der Waals surface area contributed by atoms with E-state index in [2.05, 4.69) is 4.98 Å². The largest absolute Gasteiger partial charge is 0.448 e. The summed E-state index contributed by atoms with van der Waals surface area (Å²) in [6.07, 6.45) is -0.0891. The van der Waals surface area contributed by atoms with Crippen molar-refractivity contribution in [2.24, 2.45) is 0 Å². The van der Waals surface area contributed by atoms with Crippen molar-refractivity contribution in [3.8, 4) is 0 Å². The summed E-state index contributed by atoms with van der Waals surface area (Å²) in [5.41, 5.74) is 2.94. The number of amides is 1. The highest BCUT2D eigenvalue weighted by molar-refractivity contribution is 6.01. The summed E-state index contributed by atoms with van der Waals surface area (Å²) in [5, 5.41) is 0.945. The van der Waals surface area contributed by atoms with Crippen LogP contribution in [-0.4, -0.2) is 29.0 Å². The fourth-order valence-electron chi connectivity index (χ4n) is 3.55. The molecule has 0 bridgehead atoms. The van der Waals surface area contributed by atoms with Gasteiger partial charge >= 0.3 is 5.97 Å². The lowest BCUT2D eigenvalue weighted by molar-refractivity contribution is -0.126. The number of esters is 1. The van der Waals surface area contributed by atoms with E-state index in [1.807, 2.05) is 61.5 Å². The molecule has 0 saturated heterocycles. The number of rotatable bonds is 3. The summed E-state index contributed by atoms with van der Waals surface area (Å²) in [4.78, 5) is 31.5. The van der Waals surface area contributed by atoms with Gasteiger partial charge in [0.25, 0.3) is 5.91 Å². The summed E-state index contributed by atoms with van der Waals surface area (Å²) >= 11 is 0. The smallest absolute Gasteiger partial charge is 0.357 e. The second kappa shape index (κ2) is 6.83. The molecule has 3 aromatic rings. The standard InChI is InChI=1S/C22H20N2O3/c1-14-13-17-8-4-6-10-20(17)24(14)21(25)15(2)27-22(26)19-12-11-16-7-3-5-9-18(16)23-19/h3-12,14-15H,13H2,1-2H3/t14-,15-/m1/s1. The minimum atomic E-state index is -0.889. The third-order valence-corrected chi connectivity index (χ3v) is 4.88. The van der Waals surface area contributed by atoms with Crippen molar-refractivity contribution < 1.29 is 14.3 Å². The quantitative estimate of drug-likeness (QED) is 0.668. The van der Waals surface area contributed by atoms with Gasteiger partial charge in [0.2, 0.25) is 0 Å². The van der Waals surface area contributed by atoms with Crippen LogP contribution in [0.3, 0.4) is 0 Å². The first-order valence-corrected chi connectivity index (χ1v) is 9.02. The Labute approximate surface area is 157 Å². The summed E-state index contributed by atoms with van der Waals surface area (Å²) < 4.78 is 5.43. The second-order valence-corrected chi connectivity index (χ2v) is 6.83. The van der Waals surface area contributed by atoms with E-state index in [1.54, 1.807) is 17.9 Å². The molecule has 1 amide bonds. The first-order chi connectivity index (χ1) is 13.0. The molecule has 0 spiro atoms. The van der Waals surface area contributed by atoms with Gasteiger partial charge in [0.15, 0.2) is 6.10 Å². The number of benzene rings is 2. The van der Waals surface area contributed by atoms with E-state index in [9.17, 15) is 9.59 Å². The summed E-state index contributed by atoms with van der Waals surface area (Å²) in [7, 11) is 0. The molecule has 2 atom stereocenters. The number of hydrogen-bond donors (Lipinski definition) is 0. The minimum absolute atomic E-state index is 0.0369. The van der Waals surface area contributed by atoms with Gasteiger partial charge < -0.3 is 9.64 Å². The first-order valence-electron chi connectivity index (χ1n) is 9.02. The van der Waals surface area contributed by atoms with E-state index in [0.29, 0.717) is 5.52 Å². The molecule has 0 fully saturated rings. The molecule has 1 aliphatic rings. The van der Waals surface area contributed by atoms with Crippen molar-refractivity contribution in [3.63, 3.8) is 0 Å².